The molecule has 0 aromatic heterocycles. The fraction of sp³-hybridized carbons (Fsp3) is 0.923. The van der Waals surface area contributed by atoms with Crippen molar-refractivity contribution >= 4 is 17.2 Å². The summed E-state index contributed by atoms with van der Waals surface area (Å²) in [5.41, 5.74) is 5.44. The van der Waals surface area contributed by atoms with Gasteiger partial charge in [0.2, 0.25) is 0 Å². The molecule has 4 nitrogen and oxygen atoms in total. The third kappa shape index (κ3) is 3.88. The lowest BCUT2D eigenvalue weighted by molar-refractivity contribution is -0.00491. The maximum absolute atomic E-state index is 5.80. The Labute approximate surface area is 116 Å². The standard InChI is InChI=1S/C13H27N3OS/c1-4-15(5-2)10-11-16-8-6-13(17-3,7-9-16)12(14)18/h4-11H2,1-3H3,(H2,14,18). The average Bonchev–Trinajstić information content (AvgIpc) is 2.40. The molecule has 1 aliphatic rings. The van der Waals surface area contributed by atoms with Crippen LogP contribution in [0.2, 0.25) is 0 Å². The lowest BCUT2D eigenvalue weighted by atomic mass is 9.91. The van der Waals surface area contributed by atoms with E-state index in [-0.39, 0.29) is 5.60 Å². The zero-order valence-corrected chi connectivity index (χ0v) is 12.8. The summed E-state index contributed by atoms with van der Waals surface area (Å²) in [6, 6.07) is 0. The fourth-order valence-corrected chi connectivity index (χ4v) is 2.80. The second-order valence-electron chi connectivity index (χ2n) is 4.93. The average molecular weight is 273 g/mol. The number of likely N-dealkylation sites (N-methyl/N-ethyl adjacent to an activating group) is 1. The molecule has 1 heterocycles. The van der Waals surface area contributed by atoms with Gasteiger partial charge in [0, 0.05) is 33.3 Å². The minimum absolute atomic E-state index is 0.360. The summed E-state index contributed by atoms with van der Waals surface area (Å²) in [4.78, 5) is 5.44. The van der Waals surface area contributed by atoms with Crippen molar-refractivity contribution in [2.45, 2.75) is 32.3 Å². The lowest BCUT2D eigenvalue weighted by Crippen LogP contribution is -2.53. The van der Waals surface area contributed by atoms with E-state index in [1.807, 2.05) is 0 Å². The number of thiocarbonyl (C=S) groups is 1. The molecule has 1 rings (SSSR count). The van der Waals surface area contributed by atoms with Crippen LogP contribution in [0.15, 0.2) is 0 Å². The zero-order valence-electron chi connectivity index (χ0n) is 11.9. The van der Waals surface area contributed by atoms with Crippen LogP contribution in [0.25, 0.3) is 0 Å². The first kappa shape index (κ1) is 15.8. The highest BCUT2D eigenvalue weighted by Crippen LogP contribution is 2.26. The Hall–Kier alpha value is -0.230. The summed E-state index contributed by atoms with van der Waals surface area (Å²) >= 11 is 5.14. The molecular weight excluding hydrogens is 246 g/mol. The smallest absolute Gasteiger partial charge is 0.120 e. The molecule has 1 aliphatic heterocycles. The van der Waals surface area contributed by atoms with Gasteiger partial charge in [-0.15, -0.1) is 0 Å². The maximum Gasteiger partial charge on any atom is 0.120 e. The van der Waals surface area contributed by atoms with Crippen LogP contribution in [0, 0.1) is 0 Å². The van der Waals surface area contributed by atoms with Gasteiger partial charge in [0.25, 0.3) is 0 Å². The highest BCUT2D eigenvalue weighted by atomic mass is 32.1. The van der Waals surface area contributed by atoms with Crippen LogP contribution in [0.1, 0.15) is 26.7 Å². The molecular formula is C13H27N3OS. The van der Waals surface area contributed by atoms with Crippen molar-refractivity contribution in [2.24, 2.45) is 5.73 Å². The molecule has 0 saturated carbocycles. The van der Waals surface area contributed by atoms with E-state index in [1.54, 1.807) is 7.11 Å². The molecule has 2 N–H and O–H groups in total. The quantitative estimate of drug-likeness (QED) is 0.704. The number of ether oxygens (including phenoxy) is 1. The predicted molar refractivity (Wildman–Crippen MR) is 80.0 cm³/mol. The maximum atomic E-state index is 5.80. The fourth-order valence-electron chi connectivity index (χ4n) is 2.51. The van der Waals surface area contributed by atoms with Crippen LogP contribution in [-0.4, -0.2) is 66.8 Å². The molecule has 0 unspecified atom stereocenters. The van der Waals surface area contributed by atoms with E-state index < -0.39 is 0 Å². The van der Waals surface area contributed by atoms with Crippen molar-refractivity contribution in [3.63, 3.8) is 0 Å². The molecule has 1 saturated heterocycles. The summed E-state index contributed by atoms with van der Waals surface area (Å²) in [7, 11) is 1.71. The van der Waals surface area contributed by atoms with Crippen LogP contribution in [0.5, 0.6) is 0 Å². The van der Waals surface area contributed by atoms with Crippen LogP contribution >= 0.6 is 12.2 Å². The molecule has 0 spiro atoms. The highest BCUT2D eigenvalue weighted by Gasteiger charge is 2.37. The Balaban J connectivity index is 2.37. The summed E-state index contributed by atoms with van der Waals surface area (Å²) in [5.74, 6) is 0. The lowest BCUT2D eigenvalue weighted by Gasteiger charge is -2.40. The zero-order chi connectivity index (χ0) is 13.6. The number of hydrogen-bond donors (Lipinski definition) is 1. The van der Waals surface area contributed by atoms with Gasteiger partial charge >= 0.3 is 0 Å². The molecule has 0 amide bonds. The van der Waals surface area contributed by atoms with Crippen molar-refractivity contribution in [1.82, 2.24) is 9.80 Å². The molecule has 18 heavy (non-hydrogen) atoms. The van der Waals surface area contributed by atoms with Crippen molar-refractivity contribution in [1.29, 1.82) is 0 Å². The molecule has 0 aliphatic carbocycles. The summed E-state index contributed by atoms with van der Waals surface area (Å²) in [6.07, 6.45) is 1.83. The van der Waals surface area contributed by atoms with Gasteiger partial charge in [-0.05, 0) is 25.9 Å². The summed E-state index contributed by atoms with van der Waals surface area (Å²) in [6.45, 7) is 11.0. The molecule has 0 aromatic rings. The Morgan fingerprint density at radius 1 is 1.33 bits per heavy atom. The SMILES string of the molecule is CCN(CC)CCN1CCC(OC)(C(N)=S)CC1. The normalized spacial score (nSPS) is 20.2. The van der Waals surface area contributed by atoms with Crippen molar-refractivity contribution < 1.29 is 4.74 Å². The first-order valence-corrected chi connectivity index (χ1v) is 7.28. The van der Waals surface area contributed by atoms with Crippen molar-refractivity contribution in [3.8, 4) is 0 Å². The Morgan fingerprint density at radius 2 is 1.89 bits per heavy atom. The van der Waals surface area contributed by atoms with Gasteiger partial charge in [-0.3, -0.25) is 0 Å². The van der Waals surface area contributed by atoms with Gasteiger partial charge in [-0.25, -0.2) is 0 Å². The van der Waals surface area contributed by atoms with E-state index in [9.17, 15) is 0 Å². The van der Waals surface area contributed by atoms with Crippen molar-refractivity contribution in [3.05, 3.63) is 0 Å². The second-order valence-corrected chi connectivity index (χ2v) is 5.37. The van der Waals surface area contributed by atoms with Gasteiger partial charge in [0.15, 0.2) is 0 Å². The third-order valence-corrected chi connectivity index (χ3v) is 4.50. The van der Waals surface area contributed by atoms with Gasteiger partial charge in [-0.2, -0.15) is 0 Å². The van der Waals surface area contributed by atoms with E-state index in [2.05, 4.69) is 23.6 Å². The number of piperidine rings is 1. The van der Waals surface area contributed by atoms with Gasteiger partial charge in [-0.1, -0.05) is 26.1 Å². The van der Waals surface area contributed by atoms with E-state index in [1.165, 1.54) is 0 Å². The largest absolute Gasteiger partial charge is 0.391 e. The van der Waals surface area contributed by atoms with Crippen LogP contribution in [-0.2, 0) is 4.74 Å². The Bertz CT molecular complexity index is 261. The molecule has 0 radical (unpaired) electrons. The number of hydrogen-bond acceptors (Lipinski definition) is 4. The van der Waals surface area contributed by atoms with Crippen LogP contribution in [0.3, 0.4) is 0 Å². The van der Waals surface area contributed by atoms with E-state index in [0.717, 1.165) is 52.1 Å². The molecule has 0 bridgehead atoms. The number of nitrogens with zero attached hydrogens (tertiary/aromatic N) is 2. The van der Waals surface area contributed by atoms with Gasteiger partial charge < -0.3 is 20.3 Å². The second kappa shape index (κ2) is 7.38. The topological polar surface area (TPSA) is 41.7 Å². The molecule has 0 atom stereocenters. The number of nitrogens with two attached hydrogens (primary N) is 1. The number of rotatable bonds is 7. The minimum atomic E-state index is -0.360. The predicted octanol–water partition coefficient (Wildman–Crippen LogP) is 1.10. The van der Waals surface area contributed by atoms with Crippen molar-refractivity contribution in [2.75, 3.05) is 46.4 Å². The molecule has 1 fully saturated rings. The number of likely N-dealkylation sites (tertiary alicyclic amines) is 1. The molecule has 5 heteroatoms. The first-order chi connectivity index (χ1) is 8.57. The van der Waals surface area contributed by atoms with Crippen LogP contribution in [0.4, 0.5) is 0 Å². The number of methoxy groups -OCH3 is 1. The monoisotopic (exact) mass is 273 g/mol. The first-order valence-electron chi connectivity index (χ1n) is 6.87. The third-order valence-electron chi connectivity index (χ3n) is 4.13. The summed E-state index contributed by atoms with van der Waals surface area (Å²) < 4.78 is 5.55. The van der Waals surface area contributed by atoms with Crippen LogP contribution < -0.4 is 5.73 Å². The Morgan fingerprint density at radius 3 is 2.28 bits per heavy atom. The van der Waals surface area contributed by atoms with Gasteiger partial charge in [0.05, 0.1) is 0 Å². The minimum Gasteiger partial charge on any atom is -0.391 e. The van der Waals surface area contributed by atoms with E-state index in [4.69, 9.17) is 22.7 Å². The molecule has 106 valence electrons. The highest BCUT2D eigenvalue weighted by molar-refractivity contribution is 7.80. The van der Waals surface area contributed by atoms with Gasteiger partial charge in [0.1, 0.15) is 10.6 Å². The molecule has 0 aromatic carbocycles. The van der Waals surface area contributed by atoms with E-state index in [0.29, 0.717) is 4.99 Å². The Kier molecular flexibility index (Phi) is 6.49. The summed E-state index contributed by atoms with van der Waals surface area (Å²) in [5, 5.41) is 0. The van der Waals surface area contributed by atoms with E-state index >= 15 is 0 Å².